The van der Waals surface area contributed by atoms with Crippen LogP contribution in [0.4, 0.5) is 0 Å². The van der Waals surface area contributed by atoms with Crippen LogP contribution in [0.3, 0.4) is 0 Å². The molecule has 1 aromatic rings. The SMILES string of the molecule is CC(CN)C(C)NC(=O)C1C2CCc3ccccc3C21. The highest BCUT2D eigenvalue weighted by molar-refractivity contribution is 5.84. The number of nitrogens with two attached hydrogens (primary N) is 1. The highest BCUT2D eigenvalue weighted by atomic mass is 16.2. The fourth-order valence-electron chi connectivity index (χ4n) is 3.59. The lowest BCUT2D eigenvalue weighted by molar-refractivity contribution is -0.123. The zero-order chi connectivity index (χ0) is 14.3. The standard InChI is InChI=1S/C17H24N2O/c1-10(9-18)11(2)19-17(20)16-14-8-7-12-5-3-4-6-13(12)15(14)16/h3-6,10-11,14-16H,7-9,18H2,1-2H3,(H,19,20). The van der Waals surface area contributed by atoms with E-state index in [9.17, 15) is 4.79 Å². The van der Waals surface area contributed by atoms with Crippen molar-refractivity contribution in [1.82, 2.24) is 5.32 Å². The fraction of sp³-hybridized carbons (Fsp3) is 0.588. The number of hydrogen-bond donors (Lipinski definition) is 2. The van der Waals surface area contributed by atoms with Gasteiger partial charge in [0, 0.05) is 12.0 Å². The minimum absolute atomic E-state index is 0.158. The number of nitrogens with one attached hydrogen (secondary N) is 1. The number of benzene rings is 1. The van der Waals surface area contributed by atoms with Crippen LogP contribution in [0.25, 0.3) is 0 Å². The Kier molecular flexibility index (Phi) is 3.55. The molecule has 3 heteroatoms. The van der Waals surface area contributed by atoms with E-state index in [1.54, 1.807) is 0 Å². The largest absolute Gasteiger partial charge is 0.353 e. The van der Waals surface area contributed by atoms with Gasteiger partial charge in [-0.25, -0.2) is 0 Å². The number of aryl methyl sites for hydroxylation is 1. The summed E-state index contributed by atoms with van der Waals surface area (Å²) in [5.74, 6) is 1.76. The van der Waals surface area contributed by atoms with Crippen LogP contribution < -0.4 is 11.1 Å². The highest BCUT2D eigenvalue weighted by Crippen LogP contribution is 2.59. The highest BCUT2D eigenvalue weighted by Gasteiger charge is 2.57. The number of rotatable bonds is 4. The summed E-state index contributed by atoms with van der Waals surface area (Å²) in [6, 6.07) is 8.75. The van der Waals surface area contributed by atoms with Crippen LogP contribution in [0.2, 0.25) is 0 Å². The lowest BCUT2D eigenvalue weighted by Gasteiger charge is -2.19. The lowest BCUT2D eigenvalue weighted by atomic mass is 9.92. The molecule has 3 nitrogen and oxygen atoms in total. The second-order valence-corrected chi connectivity index (χ2v) is 6.46. The van der Waals surface area contributed by atoms with Crippen LogP contribution in [0.15, 0.2) is 24.3 Å². The van der Waals surface area contributed by atoms with Crippen LogP contribution in [0.1, 0.15) is 37.3 Å². The zero-order valence-corrected chi connectivity index (χ0v) is 12.3. The summed E-state index contributed by atoms with van der Waals surface area (Å²) in [7, 11) is 0. The van der Waals surface area contributed by atoms with Gasteiger partial charge in [-0.2, -0.15) is 0 Å². The molecular weight excluding hydrogens is 248 g/mol. The third-order valence-corrected chi connectivity index (χ3v) is 5.23. The van der Waals surface area contributed by atoms with Crippen molar-refractivity contribution < 1.29 is 4.79 Å². The average molecular weight is 272 g/mol. The molecule has 2 aliphatic rings. The van der Waals surface area contributed by atoms with Crippen molar-refractivity contribution in [2.75, 3.05) is 6.54 Å². The molecule has 3 rings (SSSR count). The molecule has 1 fully saturated rings. The Morgan fingerprint density at radius 1 is 1.40 bits per heavy atom. The number of carbonyl (C=O) groups is 1. The van der Waals surface area contributed by atoms with E-state index in [0.717, 1.165) is 12.8 Å². The minimum atomic E-state index is 0.158. The Labute approximate surface area is 120 Å². The first-order chi connectivity index (χ1) is 9.63. The minimum Gasteiger partial charge on any atom is -0.353 e. The summed E-state index contributed by atoms with van der Waals surface area (Å²) >= 11 is 0. The van der Waals surface area contributed by atoms with E-state index in [0.29, 0.717) is 24.3 Å². The molecule has 20 heavy (non-hydrogen) atoms. The van der Waals surface area contributed by atoms with E-state index in [2.05, 4.69) is 43.4 Å². The molecule has 0 bridgehead atoms. The number of hydrogen-bond acceptors (Lipinski definition) is 2. The Hall–Kier alpha value is -1.35. The fourth-order valence-corrected chi connectivity index (χ4v) is 3.59. The number of amides is 1. The van der Waals surface area contributed by atoms with E-state index >= 15 is 0 Å². The number of fused-ring (bicyclic) bond motifs is 3. The summed E-state index contributed by atoms with van der Waals surface area (Å²) in [4.78, 5) is 12.5. The molecule has 1 aromatic carbocycles. The van der Waals surface area contributed by atoms with Crippen molar-refractivity contribution in [2.24, 2.45) is 23.5 Å². The van der Waals surface area contributed by atoms with Gasteiger partial charge in [0.15, 0.2) is 0 Å². The van der Waals surface area contributed by atoms with Crippen molar-refractivity contribution in [2.45, 2.75) is 38.6 Å². The van der Waals surface area contributed by atoms with Crippen LogP contribution in [0.5, 0.6) is 0 Å². The van der Waals surface area contributed by atoms with Crippen molar-refractivity contribution in [3.63, 3.8) is 0 Å². The maximum Gasteiger partial charge on any atom is 0.224 e. The molecule has 5 atom stereocenters. The van der Waals surface area contributed by atoms with Gasteiger partial charge in [-0.15, -0.1) is 0 Å². The van der Waals surface area contributed by atoms with Gasteiger partial charge in [0.1, 0.15) is 0 Å². The van der Waals surface area contributed by atoms with Crippen LogP contribution in [-0.2, 0) is 11.2 Å². The van der Waals surface area contributed by atoms with Gasteiger partial charge in [-0.1, -0.05) is 31.2 Å². The summed E-state index contributed by atoms with van der Waals surface area (Å²) in [6.45, 7) is 4.75. The molecule has 108 valence electrons. The monoisotopic (exact) mass is 272 g/mol. The Morgan fingerprint density at radius 2 is 2.15 bits per heavy atom. The van der Waals surface area contributed by atoms with Gasteiger partial charge in [0.05, 0.1) is 0 Å². The van der Waals surface area contributed by atoms with E-state index in [1.807, 2.05) is 0 Å². The van der Waals surface area contributed by atoms with Crippen LogP contribution in [0, 0.1) is 17.8 Å². The van der Waals surface area contributed by atoms with E-state index < -0.39 is 0 Å². The van der Waals surface area contributed by atoms with Gasteiger partial charge in [0.2, 0.25) is 5.91 Å². The maximum absolute atomic E-state index is 12.5. The molecule has 0 spiro atoms. The predicted molar refractivity (Wildman–Crippen MR) is 80.3 cm³/mol. The van der Waals surface area contributed by atoms with Crippen molar-refractivity contribution in [1.29, 1.82) is 0 Å². The van der Waals surface area contributed by atoms with Crippen molar-refractivity contribution >= 4 is 5.91 Å². The summed E-state index contributed by atoms with van der Waals surface area (Å²) in [5.41, 5.74) is 8.51. The molecule has 0 radical (unpaired) electrons. The Balaban J connectivity index is 1.68. The third-order valence-electron chi connectivity index (χ3n) is 5.23. The first-order valence-electron chi connectivity index (χ1n) is 7.71. The topological polar surface area (TPSA) is 55.1 Å². The van der Waals surface area contributed by atoms with Gasteiger partial charge in [0.25, 0.3) is 0 Å². The van der Waals surface area contributed by atoms with Gasteiger partial charge in [-0.3, -0.25) is 4.79 Å². The summed E-state index contributed by atoms with van der Waals surface area (Å²) in [5, 5.41) is 3.16. The van der Waals surface area contributed by atoms with Crippen LogP contribution >= 0.6 is 0 Å². The van der Waals surface area contributed by atoms with Crippen molar-refractivity contribution in [3.05, 3.63) is 35.4 Å². The van der Waals surface area contributed by atoms with Gasteiger partial charge in [-0.05, 0) is 55.2 Å². The number of carbonyl (C=O) groups excluding carboxylic acids is 1. The second kappa shape index (κ2) is 5.21. The van der Waals surface area contributed by atoms with Crippen molar-refractivity contribution in [3.8, 4) is 0 Å². The molecule has 0 heterocycles. The molecule has 5 unspecified atom stereocenters. The Morgan fingerprint density at radius 3 is 2.90 bits per heavy atom. The molecular formula is C17H24N2O. The molecule has 1 amide bonds. The summed E-state index contributed by atoms with van der Waals surface area (Å²) < 4.78 is 0. The van der Waals surface area contributed by atoms with E-state index in [4.69, 9.17) is 5.73 Å². The third kappa shape index (κ3) is 2.24. The zero-order valence-electron chi connectivity index (χ0n) is 12.3. The molecule has 0 aromatic heterocycles. The Bertz CT molecular complexity index is 513. The van der Waals surface area contributed by atoms with Crippen LogP contribution in [-0.4, -0.2) is 18.5 Å². The van der Waals surface area contributed by atoms with Gasteiger partial charge >= 0.3 is 0 Å². The molecule has 3 N–H and O–H groups in total. The first-order valence-corrected chi connectivity index (χ1v) is 7.71. The normalized spacial score (nSPS) is 29.9. The van der Waals surface area contributed by atoms with E-state index in [1.165, 1.54) is 11.1 Å². The molecule has 0 aliphatic heterocycles. The lowest BCUT2D eigenvalue weighted by Crippen LogP contribution is -2.40. The maximum atomic E-state index is 12.5. The average Bonchev–Trinajstić information content (AvgIpc) is 3.21. The van der Waals surface area contributed by atoms with Gasteiger partial charge < -0.3 is 11.1 Å². The molecule has 0 saturated heterocycles. The first kappa shape index (κ1) is 13.6. The summed E-state index contributed by atoms with van der Waals surface area (Å²) in [6.07, 6.45) is 2.27. The second-order valence-electron chi connectivity index (χ2n) is 6.46. The predicted octanol–water partition coefficient (Wildman–Crippen LogP) is 2.06. The van der Waals surface area contributed by atoms with E-state index in [-0.39, 0.29) is 17.9 Å². The molecule has 1 saturated carbocycles. The quantitative estimate of drug-likeness (QED) is 0.881. The molecule has 2 aliphatic carbocycles. The smallest absolute Gasteiger partial charge is 0.224 e.